The van der Waals surface area contributed by atoms with Crippen molar-refractivity contribution in [2.24, 2.45) is 0 Å². The van der Waals surface area contributed by atoms with Crippen LogP contribution in [-0.2, 0) is 17.5 Å². The number of nitrogens with one attached hydrogen (secondary N) is 2. The van der Waals surface area contributed by atoms with E-state index in [-0.39, 0.29) is 42.7 Å². The van der Waals surface area contributed by atoms with E-state index < -0.39 is 23.4 Å². The molecule has 2 aromatic heterocycles. The minimum atomic E-state index is -4.59. The molecule has 8 nitrogen and oxygen atoms in total. The van der Waals surface area contributed by atoms with Gasteiger partial charge in [0, 0.05) is 55.9 Å². The number of anilines is 3. The number of hydrogen-bond acceptors (Lipinski definition) is 7. The minimum Gasteiger partial charge on any atom is -0.444 e. The largest absolute Gasteiger partial charge is 0.444 e. The van der Waals surface area contributed by atoms with Gasteiger partial charge >= 0.3 is 12.3 Å². The van der Waals surface area contributed by atoms with Gasteiger partial charge in [-0.2, -0.15) is 13.2 Å². The van der Waals surface area contributed by atoms with Crippen LogP contribution < -0.4 is 15.5 Å². The molecule has 3 aromatic rings. The summed E-state index contributed by atoms with van der Waals surface area (Å²) in [6.07, 6.45) is -3.41. The zero-order valence-electron chi connectivity index (χ0n) is 21.6. The molecule has 1 amide bonds. The number of pyridine rings is 2. The average Bonchev–Trinajstić information content (AvgIpc) is 2.84. The molecule has 0 radical (unpaired) electrons. The molecule has 38 heavy (non-hydrogen) atoms. The molecule has 0 spiro atoms. The van der Waals surface area contributed by atoms with Gasteiger partial charge in [0.05, 0.1) is 16.8 Å². The zero-order chi connectivity index (χ0) is 27.7. The molecule has 12 heteroatoms. The molecule has 1 fully saturated rings. The molecule has 1 aliphatic heterocycles. The van der Waals surface area contributed by atoms with Crippen molar-refractivity contribution in [3.63, 3.8) is 0 Å². The number of alkyl halides is 3. The van der Waals surface area contributed by atoms with E-state index in [0.29, 0.717) is 23.3 Å². The second-order valence-electron chi connectivity index (χ2n) is 10.00. The highest BCUT2D eigenvalue weighted by Crippen LogP contribution is 2.40. The number of carbonyl (C=O) groups excluding carboxylic acids is 1. The van der Waals surface area contributed by atoms with Crippen molar-refractivity contribution >= 4 is 45.8 Å². The van der Waals surface area contributed by atoms with Gasteiger partial charge in [-0.1, -0.05) is 11.6 Å². The Morgan fingerprint density at radius 1 is 1.11 bits per heavy atom. The normalized spacial score (nSPS) is 14.6. The Balaban J connectivity index is 1.62. The number of carbonyl (C=O) groups is 1. The molecular formula is C26H30ClF3N6O2. The Morgan fingerprint density at radius 2 is 1.82 bits per heavy atom. The first-order chi connectivity index (χ1) is 17.9. The van der Waals surface area contributed by atoms with Crippen LogP contribution in [0.5, 0.6) is 0 Å². The van der Waals surface area contributed by atoms with Gasteiger partial charge in [-0.25, -0.2) is 9.78 Å². The van der Waals surface area contributed by atoms with Crippen LogP contribution in [0.25, 0.3) is 11.0 Å². The third-order valence-corrected chi connectivity index (χ3v) is 6.18. The van der Waals surface area contributed by atoms with E-state index in [2.05, 4.69) is 20.6 Å². The molecule has 1 aromatic carbocycles. The summed E-state index contributed by atoms with van der Waals surface area (Å²) in [6.45, 7) is 6.75. The van der Waals surface area contributed by atoms with Gasteiger partial charge in [0.1, 0.15) is 16.3 Å². The quantitative estimate of drug-likeness (QED) is 0.387. The third-order valence-electron chi connectivity index (χ3n) is 5.97. The van der Waals surface area contributed by atoms with Crippen LogP contribution >= 0.6 is 11.6 Å². The summed E-state index contributed by atoms with van der Waals surface area (Å²) in [6, 6.07) is 7.47. The summed E-state index contributed by atoms with van der Waals surface area (Å²) in [5.41, 5.74) is 1.17. The highest BCUT2D eigenvalue weighted by molar-refractivity contribution is 6.29. The highest BCUT2D eigenvalue weighted by Gasteiger charge is 2.36. The van der Waals surface area contributed by atoms with E-state index in [1.165, 1.54) is 11.0 Å². The van der Waals surface area contributed by atoms with Crippen LogP contribution in [0, 0.1) is 0 Å². The molecule has 0 bridgehead atoms. The van der Waals surface area contributed by atoms with Gasteiger partial charge < -0.3 is 25.2 Å². The summed E-state index contributed by atoms with van der Waals surface area (Å²) in [7, 11) is 1.76. The Morgan fingerprint density at radius 3 is 2.45 bits per heavy atom. The number of nitrogens with zero attached hydrogens (tertiary/aromatic N) is 4. The Kier molecular flexibility index (Phi) is 7.89. The molecule has 1 saturated heterocycles. The van der Waals surface area contributed by atoms with Gasteiger partial charge in [0.2, 0.25) is 0 Å². The van der Waals surface area contributed by atoms with Crippen molar-refractivity contribution in [3.05, 3.63) is 52.8 Å². The fraction of sp³-hybridized carbons (Fsp3) is 0.423. The fourth-order valence-electron chi connectivity index (χ4n) is 4.26. The first-order valence-electron chi connectivity index (χ1n) is 12.2. The predicted octanol–water partition coefficient (Wildman–Crippen LogP) is 5.82. The van der Waals surface area contributed by atoms with Crippen LogP contribution in [-0.4, -0.2) is 59.8 Å². The number of fused-ring (bicyclic) bond motifs is 1. The van der Waals surface area contributed by atoms with Crippen LogP contribution in [0.4, 0.5) is 35.0 Å². The number of piperazine rings is 1. The standard InChI is InChI=1S/C26H30ClF3N6O2/c1-25(2,3)38-24(37)36-11-9-35(10-12-36)20-7-5-17(13-18(20)26(28,29)30)33-22-16(14-31-4)15-32-19-6-8-21(27)34-23(19)22/h5-8,13,15,31H,9-12,14H2,1-4H3,(H,32,33). The summed E-state index contributed by atoms with van der Waals surface area (Å²) < 4.78 is 48.1. The maximum Gasteiger partial charge on any atom is 0.418 e. The van der Waals surface area contributed by atoms with Crippen LogP contribution in [0.1, 0.15) is 31.9 Å². The minimum absolute atomic E-state index is 0.0584. The lowest BCUT2D eigenvalue weighted by molar-refractivity contribution is -0.137. The second-order valence-corrected chi connectivity index (χ2v) is 10.4. The lowest BCUT2D eigenvalue weighted by Crippen LogP contribution is -2.50. The Bertz CT molecular complexity index is 1320. The van der Waals surface area contributed by atoms with Crippen LogP contribution in [0.2, 0.25) is 5.15 Å². The van der Waals surface area contributed by atoms with E-state index in [4.69, 9.17) is 16.3 Å². The molecule has 4 rings (SSSR count). The number of ether oxygens (including phenoxy) is 1. The van der Waals surface area contributed by atoms with Crippen molar-refractivity contribution in [1.29, 1.82) is 0 Å². The second kappa shape index (κ2) is 10.8. The molecule has 0 atom stereocenters. The van der Waals surface area contributed by atoms with Gasteiger partial charge in [0.25, 0.3) is 0 Å². The molecule has 0 saturated carbocycles. The maximum atomic E-state index is 14.2. The summed E-state index contributed by atoms with van der Waals surface area (Å²) in [5.74, 6) is 0. The Labute approximate surface area is 224 Å². The van der Waals surface area contributed by atoms with Gasteiger partial charge in [-0.05, 0) is 58.2 Å². The number of halogens is 4. The van der Waals surface area contributed by atoms with Gasteiger partial charge in [-0.3, -0.25) is 4.98 Å². The molecular weight excluding hydrogens is 521 g/mol. The molecule has 0 unspecified atom stereocenters. The average molecular weight is 551 g/mol. The first kappa shape index (κ1) is 27.7. The van der Waals surface area contributed by atoms with Crippen molar-refractivity contribution in [2.75, 3.05) is 43.4 Å². The predicted molar refractivity (Wildman–Crippen MR) is 142 cm³/mol. The summed E-state index contributed by atoms with van der Waals surface area (Å²) >= 11 is 6.11. The fourth-order valence-corrected chi connectivity index (χ4v) is 4.41. The zero-order valence-corrected chi connectivity index (χ0v) is 22.4. The highest BCUT2D eigenvalue weighted by atomic mass is 35.5. The topological polar surface area (TPSA) is 82.6 Å². The maximum absolute atomic E-state index is 14.2. The number of amides is 1. The Hall–Kier alpha value is -3.31. The van der Waals surface area contributed by atoms with E-state index in [1.54, 1.807) is 57.1 Å². The molecule has 204 valence electrons. The van der Waals surface area contributed by atoms with Crippen LogP contribution in [0.15, 0.2) is 36.5 Å². The molecule has 0 aliphatic carbocycles. The van der Waals surface area contributed by atoms with E-state index in [9.17, 15) is 18.0 Å². The monoisotopic (exact) mass is 550 g/mol. The SMILES string of the molecule is CNCc1cnc2ccc(Cl)nc2c1Nc1ccc(N2CCN(C(=O)OC(C)(C)C)CC2)c(C(F)(F)F)c1. The lowest BCUT2D eigenvalue weighted by Gasteiger charge is -2.37. The number of aromatic nitrogens is 2. The van der Waals surface area contributed by atoms with E-state index in [1.807, 2.05) is 0 Å². The number of benzene rings is 1. The lowest BCUT2D eigenvalue weighted by atomic mass is 10.1. The van der Waals surface area contributed by atoms with E-state index in [0.717, 1.165) is 11.6 Å². The van der Waals surface area contributed by atoms with Gasteiger partial charge in [-0.15, -0.1) is 0 Å². The molecule has 1 aliphatic rings. The van der Waals surface area contributed by atoms with E-state index >= 15 is 0 Å². The molecule has 3 heterocycles. The summed E-state index contributed by atoms with van der Waals surface area (Å²) in [5, 5.41) is 6.41. The smallest absolute Gasteiger partial charge is 0.418 e. The van der Waals surface area contributed by atoms with Crippen molar-refractivity contribution < 1.29 is 22.7 Å². The number of hydrogen-bond donors (Lipinski definition) is 2. The summed E-state index contributed by atoms with van der Waals surface area (Å²) in [4.78, 5) is 24.3. The van der Waals surface area contributed by atoms with Crippen LogP contribution in [0.3, 0.4) is 0 Å². The van der Waals surface area contributed by atoms with Gasteiger partial charge in [0.15, 0.2) is 0 Å². The van der Waals surface area contributed by atoms with Crippen molar-refractivity contribution in [3.8, 4) is 0 Å². The third kappa shape index (κ3) is 6.39. The van der Waals surface area contributed by atoms with Crippen molar-refractivity contribution in [2.45, 2.75) is 39.1 Å². The van der Waals surface area contributed by atoms with Crippen molar-refractivity contribution in [1.82, 2.24) is 20.2 Å². The first-order valence-corrected chi connectivity index (χ1v) is 12.5. The number of rotatable bonds is 5. The molecule has 2 N–H and O–H groups in total.